The number of nitrogens with one attached hydrogen (secondary N) is 2. The Bertz CT molecular complexity index is 1040. The van der Waals surface area contributed by atoms with Crippen molar-refractivity contribution in [3.8, 4) is 0 Å². The van der Waals surface area contributed by atoms with Crippen molar-refractivity contribution in [3.63, 3.8) is 0 Å². The molecule has 2 aromatic rings. The maximum Gasteiger partial charge on any atom is 0.322 e. The molecule has 2 bridgehead atoms. The Morgan fingerprint density at radius 1 is 1.09 bits per heavy atom. The van der Waals surface area contributed by atoms with Crippen molar-refractivity contribution in [1.29, 1.82) is 0 Å². The highest BCUT2D eigenvalue weighted by Crippen LogP contribution is 2.50. The fraction of sp³-hybridized carbons (Fsp3) is 0.435. The van der Waals surface area contributed by atoms with Crippen LogP contribution in [0.1, 0.15) is 30.3 Å². The second-order valence-electron chi connectivity index (χ2n) is 8.55. The van der Waals surface area contributed by atoms with Crippen LogP contribution in [0.15, 0.2) is 42.5 Å². The van der Waals surface area contributed by atoms with Gasteiger partial charge in [-0.05, 0) is 36.7 Å². The molecule has 2 heterocycles. The molecule has 0 spiro atoms. The number of fused-ring (bicyclic) bond motifs is 1. The van der Waals surface area contributed by atoms with E-state index in [1.807, 2.05) is 37.3 Å². The molecular formula is C23H25N5O3S. The van der Waals surface area contributed by atoms with E-state index >= 15 is 0 Å². The number of carbonyl (C=O) groups is 3. The molecule has 166 valence electrons. The van der Waals surface area contributed by atoms with Gasteiger partial charge in [-0.25, -0.2) is 4.79 Å². The van der Waals surface area contributed by atoms with Crippen LogP contribution in [0.3, 0.4) is 0 Å². The quantitative estimate of drug-likeness (QED) is 0.519. The highest BCUT2D eigenvalue weighted by molar-refractivity contribution is 7.15. The third-order valence-electron chi connectivity index (χ3n) is 6.66. The monoisotopic (exact) mass is 451 g/mol. The summed E-state index contributed by atoms with van der Waals surface area (Å²) in [6.45, 7) is 1.96. The second kappa shape index (κ2) is 8.46. The number of benzene rings is 1. The molecule has 6 rings (SSSR count). The molecule has 5 atom stereocenters. The SMILES string of the molecule is CCc1nnc(NC(=O)N[C@H](Cc2ccccc2)N2C(=O)[C@@H]3[C@@H](C2=O)[C@H]2C=C[C@H]3CC2)s1. The highest BCUT2D eigenvalue weighted by Gasteiger charge is 2.58. The smallest absolute Gasteiger partial charge is 0.317 e. The van der Waals surface area contributed by atoms with Crippen LogP contribution in [0, 0.1) is 23.7 Å². The molecule has 4 amide bonds. The number of aryl methyl sites for hydroxylation is 1. The summed E-state index contributed by atoms with van der Waals surface area (Å²) in [6, 6.07) is 9.04. The van der Waals surface area contributed by atoms with Crippen molar-refractivity contribution in [2.75, 3.05) is 5.32 Å². The van der Waals surface area contributed by atoms with Gasteiger partial charge >= 0.3 is 6.03 Å². The Kier molecular flexibility index (Phi) is 5.50. The van der Waals surface area contributed by atoms with Gasteiger partial charge in [-0.2, -0.15) is 0 Å². The molecule has 3 aliphatic carbocycles. The predicted molar refractivity (Wildman–Crippen MR) is 120 cm³/mol. The summed E-state index contributed by atoms with van der Waals surface area (Å²) in [7, 11) is 0. The lowest BCUT2D eigenvalue weighted by Gasteiger charge is -2.38. The lowest BCUT2D eigenvalue weighted by atomic mass is 9.63. The zero-order chi connectivity index (χ0) is 22.2. The molecule has 9 heteroatoms. The van der Waals surface area contributed by atoms with Crippen molar-refractivity contribution in [2.24, 2.45) is 23.7 Å². The number of anilines is 1. The minimum atomic E-state index is -0.777. The maximum atomic E-state index is 13.4. The van der Waals surface area contributed by atoms with E-state index < -0.39 is 12.2 Å². The number of allylic oxidation sites excluding steroid dienone is 2. The predicted octanol–water partition coefficient (Wildman–Crippen LogP) is 2.99. The van der Waals surface area contributed by atoms with Crippen LogP contribution in [-0.4, -0.2) is 39.1 Å². The average Bonchev–Trinajstić information content (AvgIpc) is 3.37. The Balaban J connectivity index is 1.39. The van der Waals surface area contributed by atoms with E-state index in [4.69, 9.17) is 0 Å². The standard InChI is InChI=1S/C23H25N5O3S/c1-2-17-26-27-23(32-17)25-22(31)24-16(12-13-6-4-3-5-7-13)28-20(29)18-14-8-9-15(11-10-14)19(18)21(28)30/h3-9,14-16,18-19H,2,10-12H2,1H3,(H2,24,25,27,31)/t14-,15-,16-,18-,19-/m0/s1. The van der Waals surface area contributed by atoms with Crippen molar-refractivity contribution in [3.05, 3.63) is 53.1 Å². The molecular weight excluding hydrogens is 426 g/mol. The van der Waals surface area contributed by atoms with E-state index in [2.05, 4.69) is 33.0 Å². The molecule has 32 heavy (non-hydrogen) atoms. The molecule has 1 saturated heterocycles. The van der Waals surface area contributed by atoms with Gasteiger partial charge in [0, 0.05) is 6.42 Å². The normalized spacial score (nSPS) is 26.8. The molecule has 8 nitrogen and oxygen atoms in total. The van der Waals surface area contributed by atoms with Crippen LogP contribution in [0.2, 0.25) is 0 Å². The maximum absolute atomic E-state index is 13.4. The Labute approximate surface area is 190 Å². The summed E-state index contributed by atoms with van der Waals surface area (Å²) in [6.07, 6.45) is 6.35. The van der Waals surface area contributed by atoms with E-state index in [1.54, 1.807) is 0 Å². The number of likely N-dealkylation sites (tertiary alicyclic amines) is 1. The highest BCUT2D eigenvalue weighted by atomic mass is 32.1. The van der Waals surface area contributed by atoms with Gasteiger partial charge in [0.25, 0.3) is 0 Å². The zero-order valence-electron chi connectivity index (χ0n) is 17.7. The Hall–Kier alpha value is -3.07. The van der Waals surface area contributed by atoms with Gasteiger partial charge in [0.15, 0.2) is 0 Å². The summed E-state index contributed by atoms with van der Waals surface area (Å²) in [5.74, 6) is -0.777. The second-order valence-corrected chi connectivity index (χ2v) is 9.61. The van der Waals surface area contributed by atoms with Crippen molar-refractivity contribution in [1.82, 2.24) is 20.4 Å². The summed E-state index contributed by atoms with van der Waals surface area (Å²) in [4.78, 5) is 41.0. The van der Waals surface area contributed by atoms with Crippen LogP contribution in [0.5, 0.6) is 0 Å². The van der Waals surface area contributed by atoms with Gasteiger partial charge < -0.3 is 5.32 Å². The zero-order valence-corrected chi connectivity index (χ0v) is 18.5. The summed E-state index contributed by atoms with van der Waals surface area (Å²) in [5, 5.41) is 14.7. The number of rotatable bonds is 6. The molecule has 2 fully saturated rings. The number of amides is 4. The molecule has 2 N–H and O–H groups in total. The summed E-state index contributed by atoms with van der Waals surface area (Å²) in [5.41, 5.74) is 0.929. The minimum Gasteiger partial charge on any atom is -0.317 e. The van der Waals surface area contributed by atoms with Crippen LogP contribution in [-0.2, 0) is 22.4 Å². The fourth-order valence-corrected chi connectivity index (χ4v) is 5.85. The van der Waals surface area contributed by atoms with E-state index in [0.717, 1.165) is 29.8 Å². The first kappa shape index (κ1) is 20.8. The first-order valence-electron chi connectivity index (χ1n) is 11.0. The van der Waals surface area contributed by atoms with Crippen molar-refractivity contribution >= 4 is 34.3 Å². The molecule has 1 aliphatic heterocycles. The molecule has 1 aromatic carbocycles. The Morgan fingerprint density at radius 2 is 1.75 bits per heavy atom. The van der Waals surface area contributed by atoms with Crippen molar-refractivity contribution < 1.29 is 14.4 Å². The van der Waals surface area contributed by atoms with Gasteiger partial charge in [-0.1, -0.05) is 60.7 Å². The third kappa shape index (κ3) is 3.70. The first-order valence-corrected chi connectivity index (χ1v) is 11.9. The van der Waals surface area contributed by atoms with Gasteiger partial charge in [-0.3, -0.25) is 19.8 Å². The molecule has 0 radical (unpaired) electrons. The van der Waals surface area contributed by atoms with Crippen molar-refractivity contribution in [2.45, 2.75) is 38.8 Å². The Morgan fingerprint density at radius 3 is 2.31 bits per heavy atom. The summed E-state index contributed by atoms with van der Waals surface area (Å²) >= 11 is 1.30. The fourth-order valence-electron chi connectivity index (χ4n) is 5.18. The van der Waals surface area contributed by atoms with Crippen LogP contribution >= 0.6 is 11.3 Å². The van der Waals surface area contributed by atoms with Gasteiger partial charge in [-0.15, -0.1) is 10.2 Å². The van der Waals surface area contributed by atoms with Gasteiger partial charge in [0.1, 0.15) is 11.2 Å². The van der Waals surface area contributed by atoms with Crippen LogP contribution in [0.25, 0.3) is 0 Å². The van der Waals surface area contributed by atoms with Crippen LogP contribution < -0.4 is 10.6 Å². The number of hydrogen-bond acceptors (Lipinski definition) is 6. The minimum absolute atomic E-state index is 0.103. The third-order valence-corrected chi connectivity index (χ3v) is 7.65. The van der Waals surface area contributed by atoms with Gasteiger partial charge in [0.05, 0.1) is 11.8 Å². The van der Waals surface area contributed by atoms with Crippen LogP contribution in [0.4, 0.5) is 9.93 Å². The number of imide groups is 1. The topological polar surface area (TPSA) is 104 Å². The molecule has 1 saturated carbocycles. The van der Waals surface area contributed by atoms with E-state index in [0.29, 0.717) is 11.6 Å². The molecule has 0 unspecified atom stereocenters. The van der Waals surface area contributed by atoms with E-state index in [-0.39, 0.29) is 35.5 Å². The number of nitrogens with zero attached hydrogens (tertiary/aromatic N) is 3. The van der Waals surface area contributed by atoms with Gasteiger partial charge in [0.2, 0.25) is 16.9 Å². The lowest BCUT2D eigenvalue weighted by molar-refractivity contribution is -0.143. The molecule has 4 aliphatic rings. The first-order chi connectivity index (χ1) is 15.5. The number of carbonyl (C=O) groups excluding carboxylic acids is 3. The average molecular weight is 452 g/mol. The number of hydrogen-bond donors (Lipinski definition) is 2. The molecule has 1 aromatic heterocycles. The number of urea groups is 1. The number of aromatic nitrogens is 2. The van der Waals surface area contributed by atoms with E-state index in [9.17, 15) is 14.4 Å². The largest absolute Gasteiger partial charge is 0.322 e. The van der Waals surface area contributed by atoms with E-state index in [1.165, 1.54) is 16.2 Å². The lowest BCUT2D eigenvalue weighted by Crippen LogP contribution is -2.53. The summed E-state index contributed by atoms with van der Waals surface area (Å²) < 4.78 is 0.